The fraction of sp³-hybridized carbons (Fsp3) is 1.00. The fourth-order valence-corrected chi connectivity index (χ4v) is 1.42. The molecule has 1 fully saturated rings. The summed E-state index contributed by atoms with van der Waals surface area (Å²) in [7, 11) is -3.90. The Labute approximate surface area is 66.4 Å². The number of hydrogen-bond donors (Lipinski definition) is 2. The van der Waals surface area contributed by atoms with E-state index in [1.54, 1.807) is 6.92 Å². The summed E-state index contributed by atoms with van der Waals surface area (Å²) in [4.78, 5) is 16.6. The van der Waals surface area contributed by atoms with E-state index in [2.05, 4.69) is 4.74 Å². The number of hydrogen-bond acceptors (Lipinski definition) is 2. The fourth-order valence-electron chi connectivity index (χ4n) is 0.527. The average Bonchev–Trinajstić information content (AvgIpc) is 2.13. The van der Waals surface area contributed by atoms with E-state index in [0.717, 1.165) is 0 Å². The van der Waals surface area contributed by atoms with Crippen molar-refractivity contribution in [3.63, 3.8) is 0 Å². The van der Waals surface area contributed by atoms with Crippen LogP contribution in [0.2, 0.25) is 0 Å². The Balaban J connectivity index is 0. The monoisotopic (exact) mass is 146 g/mol. The molecular formula is C3H8LiO4P. The van der Waals surface area contributed by atoms with Crippen molar-refractivity contribution >= 4 is 7.60 Å². The van der Waals surface area contributed by atoms with Gasteiger partial charge < -0.3 is 16.0 Å². The first-order chi connectivity index (χ1) is 3.52. The van der Waals surface area contributed by atoms with Crippen LogP contribution in [0.3, 0.4) is 0 Å². The van der Waals surface area contributed by atoms with Gasteiger partial charge in [-0.2, -0.15) is 0 Å². The van der Waals surface area contributed by atoms with E-state index in [1.165, 1.54) is 0 Å². The molecular weight excluding hydrogens is 138 g/mol. The summed E-state index contributed by atoms with van der Waals surface area (Å²) in [6, 6.07) is 0. The molecule has 2 atom stereocenters. The van der Waals surface area contributed by atoms with Crippen LogP contribution in [0, 0.1) is 0 Å². The minimum Gasteiger partial charge on any atom is -1.00 e. The summed E-state index contributed by atoms with van der Waals surface area (Å²) in [6.07, 6.45) is -0.254. The van der Waals surface area contributed by atoms with Gasteiger partial charge in [-0.3, -0.25) is 4.57 Å². The largest absolute Gasteiger partial charge is 1.00 e. The van der Waals surface area contributed by atoms with Gasteiger partial charge in [0.25, 0.3) is 0 Å². The van der Waals surface area contributed by atoms with Crippen molar-refractivity contribution in [3.05, 3.63) is 0 Å². The van der Waals surface area contributed by atoms with Crippen LogP contribution < -0.4 is 18.9 Å². The van der Waals surface area contributed by atoms with E-state index in [9.17, 15) is 4.57 Å². The normalized spacial score (nSPS) is 33.2. The van der Waals surface area contributed by atoms with E-state index < -0.39 is 13.4 Å². The molecule has 1 aliphatic rings. The quantitative estimate of drug-likeness (QED) is 0.235. The molecule has 0 bridgehead atoms. The zero-order chi connectivity index (χ0) is 6.36. The molecule has 1 aliphatic heterocycles. The van der Waals surface area contributed by atoms with Crippen LogP contribution in [0.4, 0.5) is 0 Å². The Morgan fingerprint density at radius 3 is 2.00 bits per heavy atom. The van der Waals surface area contributed by atoms with Crippen LogP contribution in [0.5, 0.6) is 0 Å². The van der Waals surface area contributed by atoms with Crippen molar-refractivity contribution in [1.82, 2.24) is 0 Å². The summed E-state index contributed by atoms with van der Waals surface area (Å²) < 4.78 is 14.7. The number of epoxide rings is 1. The first-order valence-electron chi connectivity index (χ1n) is 2.22. The maximum absolute atomic E-state index is 10.2. The second kappa shape index (κ2) is 2.75. The maximum Gasteiger partial charge on any atom is 1.00 e. The summed E-state index contributed by atoms with van der Waals surface area (Å²) in [6.45, 7) is 1.63. The molecule has 0 spiro atoms. The van der Waals surface area contributed by atoms with Gasteiger partial charge in [0.05, 0.1) is 6.10 Å². The minimum absolute atomic E-state index is 0. The molecule has 6 heteroatoms. The third kappa shape index (κ3) is 2.43. The molecule has 0 aromatic rings. The molecule has 0 aromatic heterocycles. The molecule has 9 heavy (non-hydrogen) atoms. The molecule has 4 nitrogen and oxygen atoms in total. The van der Waals surface area contributed by atoms with Crippen LogP contribution >= 0.6 is 7.60 Å². The molecule has 0 aromatic carbocycles. The summed E-state index contributed by atoms with van der Waals surface area (Å²) >= 11 is 0. The van der Waals surface area contributed by atoms with Gasteiger partial charge in [-0.1, -0.05) is 0 Å². The Hall–Kier alpha value is 0.707. The molecule has 0 amide bonds. The zero-order valence-electron chi connectivity index (χ0n) is 6.31. The van der Waals surface area contributed by atoms with E-state index in [-0.39, 0.29) is 26.4 Å². The molecule has 50 valence electrons. The van der Waals surface area contributed by atoms with Crippen LogP contribution in [-0.4, -0.2) is 21.7 Å². The van der Waals surface area contributed by atoms with Crippen molar-refractivity contribution < 1.29 is 39.4 Å². The standard InChI is InChI=1S/C3H7O4P.Li.H/c1-2-3(7-2)8(4,5)6;;/h2-3H,1H3,(H2,4,5,6);;/q;+1;-1/t2-,3+;;/m0../s1. The topological polar surface area (TPSA) is 70.1 Å². The third-order valence-electron chi connectivity index (χ3n) is 1.01. The first-order valence-corrected chi connectivity index (χ1v) is 3.90. The van der Waals surface area contributed by atoms with Gasteiger partial charge in [0.15, 0.2) is 5.85 Å². The van der Waals surface area contributed by atoms with Gasteiger partial charge in [-0.05, 0) is 6.92 Å². The molecule has 0 saturated carbocycles. The molecule has 0 aliphatic carbocycles. The van der Waals surface area contributed by atoms with Gasteiger partial charge in [0.2, 0.25) is 0 Å². The molecule has 0 radical (unpaired) electrons. The van der Waals surface area contributed by atoms with E-state index in [1.807, 2.05) is 0 Å². The predicted molar refractivity (Wildman–Crippen MR) is 27.5 cm³/mol. The average molecular weight is 146 g/mol. The van der Waals surface area contributed by atoms with Crippen molar-refractivity contribution in [1.29, 1.82) is 0 Å². The Kier molecular flexibility index (Phi) is 2.97. The Bertz CT molecular complexity index is 147. The minimum atomic E-state index is -3.90. The van der Waals surface area contributed by atoms with Crippen molar-refractivity contribution in [2.24, 2.45) is 0 Å². The van der Waals surface area contributed by atoms with Gasteiger partial charge in [-0.15, -0.1) is 0 Å². The number of rotatable bonds is 1. The molecule has 0 unspecified atom stereocenters. The maximum atomic E-state index is 10.2. The van der Waals surface area contributed by atoms with Gasteiger partial charge in [0, 0.05) is 0 Å². The summed E-state index contributed by atoms with van der Waals surface area (Å²) in [5.41, 5.74) is 0. The van der Waals surface area contributed by atoms with Gasteiger partial charge in [-0.25, -0.2) is 0 Å². The van der Waals surface area contributed by atoms with Crippen LogP contribution in [0.25, 0.3) is 0 Å². The summed E-state index contributed by atoms with van der Waals surface area (Å²) in [5, 5.41) is 0. The molecule has 2 N–H and O–H groups in total. The summed E-state index contributed by atoms with van der Waals surface area (Å²) in [5.74, 6) is -0.817. The SMILES string of the molecule is C[C@@H]1O[C@@H]1P(=O)(O)O.[H-].[Li+]. The van der Waals surface area contributed by atoms with E-state index in [4.69, 9.17) is 9.79 Å². The molecule has 1 saturated heterocycles. The zero-order valence-corrected chi connectivity index (χ0v) is 6.21. The van der Waals surface area contributed by atoms with Crippen molar-refractivity contribution in [3.8, 4) is 0 Å². The number of ether oxygens (including phenoxy) is 1. The first kappa shape index (κ1) is 9.71. The van der Waals surface area contributed by atoms with Gasteiger partial charge in [0.1, 0.15) is 0 Å². The van der Waals surface area contributed by atoms with Gasteiger partial charge >= 0.3 is 26.5 Å². The second-order valence-corrected chi connectivity index (χ2v) is 3.51. The third-order valence-corrected chi connectivity index (χ3v) is 2.22. The van der Waals surface area contributed by atoms with Crippen LogP contribution in [-0.2, 0) is 9.30 Å². The Morgan fingerprint density at radius 1 is 1.67 bits per heavy atom. The van der Waals surface area contributed by atoms with Crippen molar-refractivity contribution in [2.45, 2.75) is 18.9 Å². The predicted octanol–water partition coefficient (Wildman–Crippen LogP) is -2.97. The van der Waals surface area contributed by atoms with Crippen molar-refractivity contribution in [2.75, 3.05) is 0 Å². The van der Waals surface area contributed by atoms with E-state index >= 15 is 0 Å². The van der Waals surface area contributed by atoms with Crippen LogP contribution in [0.15, 0.2) is 0 Å². The molecule has 1 heterocycles. The van der Waals surface area contributed by atoms with Crippen LogP contribution in [0.1, 0.15) is 8.35 Å². The Morgan fingerprint density at radius 2 is 2.00 bits per heavy atom. The van der Waals surface area contributed by atoms with E-state index in [0.29, 0.717) is 0 Å². The molecule has 1 rings (SSSR count). The second-order valence-electron chi connectivity index (χ2n) is 1.82. The smallest absolute Gasteiger partial charge is 1.00 e.